The molecule has 0 unspecified atom stereocenters. The summed E-state index contributed by atoms with van der Waals surface area (Å²) in [6, 6.07) is 12.1. The highest BCUT2D eigenvalue weighted by Gasteiger charge is 2.19. The monoisotopic (exact) mass is 398 g/mol. The maximum atomic E-state index is 12.2. The Morgan fingerprint density at radius 1 is 1.10 bits per heavy atom. The molecule has 0 aromatic heterocycles. The minimum absolute atomic E-state index is 0.0991. The molecule has 1 heterocycles. The van der Waals surface area contributed by atoms with Crippen LogP contribution >= 0.6 is 0 Å². The van der Waals surface area contributed by atoms with E-state index in [9.17, 15) is 14.4 Å². The Kier molecular flexibility index (Phi) is 6.33. The van der Waals surface area contributed by atoms with Gasteiger partial charge in [-0.3, -0.25) is 9.59 Å². The number of aryl methyl sites for hydroxylation is 1. The minimum atomic E-state index is -0.661. The zero-order valence-electron chi connectivity index (χ0n) is 16.3. The number of nitrogens with one attached hydrogen (secondary N) is 1. The molecule has 8 heteroatoms. The standard InChI is InChI=1S/C21H22N2O6/c1-3-14-6-4-5-7-16(14)22-19(24)11-23(2)20(25)12-27-21(26)15-8-9-17-18(10-15)29-13-28-17/h4-10H,3,11-13H2,1-2H3,(H,22,24). The first kappa shape index (κ1) is 20.2. The normalized spacial score (nSPS) is 11.7. The number of carbonyl (C=O) groups excluding carboxylic acids is 3. The van der Waals surface area contributed by atoms with Crippen LogP contribution in [0.15, 0.2) is 42.5 Å². The topological polar surface area (TPSA) is 94.2 Å². The van der Waals surface area contributed by atoms with E-state index in [4.69, 9.17) is 14.2 Å². The van der Waals surface area contributed by atoms with Crippen LogP contribution in [-0.4, -0.2) is 49.7 Å². The van der Waals surface area contributed by atoms with E-state index in [1.807, 2.05) is 31.2 Å². The second kappa shape index (κ2) is 9.09. The third kappa shape index (κ3) is 5.04. The van der Waals surface area contributed by atoms with Crippen LogP contribution in [-0.2, 0) is 20.7 Å². The van der Waals surface area contributed by atoms with Crippen molar-refractivity contribution >= 4 is 23.5 Å². The Bertz CT molecular complexity index is 927. The summed E-state index contributed by atoms with van der Waals surface area (Å²) in [6.07, 6.45) is 0.779. The van der Waals surface area contributed by atoms with Crippen molar-refractivity contribution in [3.8, 4) is 11.5 Å². The van der Waals surface area contributed by atoms with Gasteiger partial charge < -0.3 is 24.4 Å². The molecule has 0 aliphatic carbocycles. The van der Waals surface area contributed by atoms with Gasteiger partial charge in [0.2, 0.25) is 12.7 Å². The van der Waals surface area contributed by atoms with E-state index in [1.54, 1.807) is 6.07 Å². The summed E-state index contributed by atoms with van der Waals surface area (Å²) in [5, 5.41) is 2.80. The number of hydrogen-bond acceptors (Lipinski definition) is 6. The number of nitrogens with zero attached hydrogens (tertiary/aromatic N) is 1. The number of fused-ring (bicyclic) bond motifs is 1. The van der Waals surface area contributed by atoms with Gasteiger partial charge in [0.05, 0.1) is 12.1 Å². The lowest BCUT2D eigenvalue weighted by molar-refractivity contribution is -0.136. The molecule has 152 valence electrons. The lowest BCUT2D eigenvalue weighted by Crippen LogP contribution is -2.37. The molecule has 2 aromatic rings. The van der Waals surface area contributed by atoms with Gasteiger partial charge >= 0.3 is 5.97 Å². The van der Waals surface area contributed by atoms with Crippen molar-refractivity contribution in [2.24, 2.45) is 0 Å². The summed E-state index contributed by atoms with van der Waals surface area (Å²) >= 11 is 0. The first-order valence-corrected chi connectivity index (χ1v) is 9.16. The quantitative estimate of drug-likeness (QED) is 0.719. The van der Waals surface area contributed by atoms with Crippen molar-refractivity contribution in [1.29, 1.82) is 0 Å². The Balaban J connectivity index is 1.48. The summed E-state index contributed by atoms with van der Waals surface area (Å²) in [5.74, 6) is -0.479. The molecule has 3 rings (SSSR count). The molecule has 1 aliphatic rings. The number of anilines is 1. The van der Waals surface area contributed by atoms with E-state index in [0.29, 0.717) is 11.5 Å². The van der Waals surface area contributed by atoms with Crippen LogP contribution < -0.4 is 14.8 Å². The molecule has 2 amide bonds. The van der Waals surface area contributed by atoms with Crippen LogP contribution in [0.2, 0.25) is 0 Å². The van der Waals surface area contributed by atoms with Crippen LogP contribution in [0.3, 0.4) is 0 Å². The van der Waals surface area contributed by atoms with Gasteiger partial charge in [0.1, 0.15) is 0 Å². The molecule has 0 saturated heterocycles. The van der Waals surface area contributed by atoms with Crippen molar-refractivity contribution in [3.63, 3.8) is 0 Å². The molecule has 0 spiro atoms. The van der Waals surface area contributed by atoms with Crippen LogP contribution in [0.1, 0.15) is 22.8 Å². The van der Waals surface area contributed by atoms with Gasteiger partial charge in [-0.05, 0) is 36.2 Å². The van der Waals surface area contributed by atoms with Crippen LogP contribution in [0.25, 0.3) is 0 Å². The van der Waals surface area contributed by atoms with E-state index in [-0.39, 0.29) is 24.8 Å². The highest BCUT2D eigenvalue weighted by molar-refractivity contribution is 5.96. The first-order chi connectivity index (χ1) is 14.0. The van der Waals surface area contributed by atoms with Crippen molar-refractivity contribution in [3.05, 3.63) is 53.6 Å². The van der Waals surface area contributed by atoms with E-state index < -0.39 is 18.5 Å². The van der Waals surface area contributed by atoms with Gasteiger partial charge in [-0.15, -0.1) is 0 Å². The summed E-state index contributed by atoms with van der Waals surface area (Å²) < 4.78 is 15.4. The molecule has 0 atom stereocenters. The second-order valence-electron chi connectivity index (χ2n) is 6.45. The van der Waals surface area contributed by atoms with Crippen molar-refractivity contribution in [2.75, 3.05) is 32.3 Å². The number of amides is 2. The van der Waals surface area contributed by atoms with E-state index >= 15 is 0 Å². The molecular formula is C21H22N2O6. The summed E-state index contributed by atoms with van der Waals surface area (Å²) in [7, 11) is 1.47. The molecule has 0 fully saturated rings. The van der Waals surface area contributed by atoms with E-state index in [1.165, 1.54) is 24.1 Å². The number of hydrogen-bond donors (Lipinski definition) is 1. The number of benzene rings is 2. The van der Waals surface area contributed by atoms with Crippen LogP contribution in [0, 0.1) is 0 Å². The van der Waals surface area contributed by atoms with Gasteiger partial charge in [0, 0.05) is 12.7 Å². The molecule has 1 aliphatic heterocycles. The predicted molar refractivity (Wildman–Crippen MR) is 105 cm³/mol. The number of carbonyl (C=O) groups is 3. The highest BCUT2D eigenvalue weighted by Crippen LogP contribution is 2.32. The molecular weight excluding hydrogens is 376 g/mol. The first-order valence-electron chi connectivity index (χ1n) is 9.16. The second-order valence-corrected chi connectivity index (χ2v) is 6.45. The lowest BCUT2D eigenvalue weighted by Gasteiger charge is -2.17. The molecule has 8 nitrogen and oxygen atoms in total. The lowest BCUT2D eigenvalue weighted by atomic mass is 10.1. The van der Waals surface area contributed by atoms with Gasteiger partial charge in [0.25, 0.3) is 5.91 Å². The molecule has 29 heavy (non-hydrogen) atoms. The van der Waals surface area contributed by atoms with Gasteiger partial charge in [-0.1, -0.05) is 25.1 Å². The zero-order chi connectivity index (χ0) is 20.8. The fourth-order valence-corrected chi connectivity index (χ4v) is 2.79. The Morgan fingerprint density at radius 2 is 1.86 bits per heavy atom. The summed E-state index contributed by atoms with van der Waals surface area (Å²) in [4.78, 5) is 37.8. The number of para-hydroxylation sites is 1. The highest BCUT2D eigenvalue weighted by atomic mass is 16.7. The van der Waals surface area contributed by atoms with E-state index in [2.05, 4.69) is 5.32 Å². The van der Waals surface area contributed by atoms with Gasteiger partial charge in [0.15, 0.2) is 18.1 Å². The van der Waals surface area contributed by atoms with Crippen LogP contribution in [0.5, 0.6) is 11.5 Å². The largest absolute Gasteiger partial charge is 0.454 e. The average Bonchev–Trinajstić information content (AvgIpc) is 3.19. The molecule has 0 radical (unpaired) electrons. The molecule has 0 bridgehead atoms. The van der Waals surface area contributed by atoms with Crippen molar-refractivity contribution in [1.82, 2.24) is 4.90 Å². The average molecular weight is 398 g/mol. The van der Waals surface area contributed by atoms with Crippen LogP contribution in [0.4, 0.5) is 5.69 Å². The Labute approximate surface area is 168 Å². The maximum absolute atomic E-state index is 12.2. The summed E-state index contributed by atoms with van der Waals surface area (Å²) in [5.41, 5.74) is 1.97. The van der Waals surface area contributed by atoms with E-state index in [0.717, 1.165) is 17.7 Å². The fourth-order valence-electron chi connectivity index (χ4n) is 2.79. The van der Waals surface area contributed by atoms with Crippen molar-refractivity contribution < 1.29 is 28.6 Å². The maximum Gasteiger partial charge on any atom is 0.338 e. The zero-order valence-corrected chi connectivity index (χ0v) is 16.3. The smallest absolute Gasteiger partial charge is 0.338 e. The number of ether oxygens (including phenoxy) is 3. The van der Waals surface area contributed by atoms with Crippen molar-refractivity contribution in [2.45, 2.75) is 13.3 Å². The number of esters is 1. The predicted octanol–water partition coefficient (Wildman–Crippen LogP) is 2.23. The van der Waals surface area contributed by atoms with Gasteiger partial charge in [-0.2, -0.15) is 0 Å². The summed E-state index contributed by atoms with van der Waals surface area (Å²) in [6.45, 7) is 1.47. The molecule has 0 saturated carbocycles. The third-order valence-corrected chi connectivity index (χ3v) is 4.41. The number of likely N-dealkylation sites (N-methyl/N-ethyl adjacent to an activating group) is 1. The molecule has 2 aromatic carbocycles. The fraction of sp³-hybridized carbons (Fsp3) is 0.286. The SMILES string of the molecule is CCc1ccccc1NC(=O)CN(C)C(=O)COC(=O)c1ccc2c(c1)OCO2. The Hall–Kier alpha value is -3.55. The number of rotatable bonds is 7. The third-order valence-electron chi connectivity index (χ3n) is 4.41. The minimum Gasteiger partial charge on any atom is -0.454 e. The molecule has 1 N–H and O–H groups in total. The Morgan fingerprint density at radius 3 is 2.66 bits per heavy atom. The van der Waals surface area contributed by atoms with Gasteiger partial charge in [-0.25, -0.2) is 4.79 Å².